The maximum absolute atomic E-state index is 10.7. The van der Waals surface area contributed by atoms with E-state index >= 15 is 0 Å². The van der Waals surface area contributed by atoms with Gasteiger partial charge in [0.15, 0.2) is 0 Å². The molecular weight excluding hydrogens is 217 g/mol. The van der Waals surface area contributed by atoms with Crippen molar-refractivity contribution < 1.29 is 27.5 Å². The molecule has 0 unspecified atom stereocenters. The molecule has 0 aliphatic rings. The largest absolute Gasteiger partial charge is 0.470 e. The van der Waals surface area contributed by atoms with Gasteiger partial charge in [-0.05, 0) is 13.8 Å². The fourth-order valence-electron chi connectivity index (χ4n) is 0.326. The maximum Gasteiger partial charge on any atom is 0.470 e. The topological polar surface area (TPSA) is 81.4 Å². The van der Waals surface area contributed by atoms with Crippen LogP contribution in [0.25, 0.3) is 0 Å². The van der Waals surface area contributed by atoms with Crippen molar-refractivity contribution in [3.8, 4) is 0 Å². The average Bonchev–Trinajstić information content (AvgIpc) is 2.04. The van der Waals surface area contributed by atoms with E-state index in [0.717, 1.165) is 0 Å². The SMILES string of the molecule is CCNC(=O)OCC.NC(=O)C(F)(F)F. The van der Waals surface area contributed by atoms with Crippen LogP contribution in [0.15, 0.2) is 0 Å². The summed E-state index contributed by atoms with van der Waals surface area (Å²) in [7, 11) is 0. The maximum atomic E-state index is 10.7. The van der Waals surface area contributed by atoms with E-state index in [1.165, 1.54) is 0 Å². The zero-order valence-electron chi connectivity index (χ0n) is 8.35. The molecule has 0 bridgehead atoms. The third-order valence-corrected chi connectivity index (χ3v) is 0.876. The van der Waals surface area contributed by atoms with Crippen molar-refractivity contribution in [3.05, 3.63) is 0 Å². The molecule has 0 heterocycles. The summed E-state index contributed by atoms with van der Waals surface area (Å²) in [5, 5.41) is 2.49. The molecule has 8 heteroatoms. The van der Waals surface area contributed by atoms with Crippen LogP contribution < -0.4 is 11.1 Å². The molecular formula is C7H13F3N2O3. The third-order valence-electron chi connectivity index (χ3n) is 0.876. The molecule has 0 aromatic carbocycles. The van der Waals surface area contributed by atoms with E-state index in [4.69, 9.17) is 4.79 Å². The molecule has 0 fully saturated rings. The fourth-order valence-corrected chi connectivity index (χ4v) is 0.326. The molecule has 2 amide bonds. The second kappa shape index (κ2) is 7.89. The molecule has 0 atom stereocenters. The fraction of sp³-hybridized carbons (Fsp3) is 0.714. The van der Waals surface area contributed by atoms with Crippen molar-refractivity contribution in [2.24, 2.45) is 5.73 Å². The highest BCUT2D eigenvalue weighted by Crippen LogP contribution is 2.11. The van der Waals surface area contributed by atoms with Gasteiger partial charge in [0.2, 0.25) is 0 Å². The lowest BCUT2D eigenvalue weighted by Crippen LogP contribution is -2.30. The minimum Gasteiger partial charge on any atom is -0.450 e. The van der Waals surface area contributed by atoms with E-state index in [0.29, 0.717) is 13.2 Å². The Balaban J connectivity index is 0. The van der Waals surface area contributed by atoms with Gasteiger partial charge < -0.3 is 15.8 Å². The molecule has 3 N–H and O–H groups in total. The predicted molar refractivity (Wildman–Crippen MR) is 45.9 cm³/mol. The first-order valence-corrected chi connectivity index (χ1v) is 4.02. The third kappa shape index (κ3) is 12.5. The van der Waals surface area contributed by atoms with Crippen LogP contribution in [0.5, 0.6) is 0 Å². The molecule has 0 aliphatic heterocycles. The molecule has 0 aromatic heterocycles. The van der Waals surface area contributed by atoms with Crippen LogP contribution in [0.4, 0.5) is 18.0 Å². The van der Waals surface area contributed by atoms with Crippen molar-refractivity contribution in [2.45, 2.75) is 20.0 Å². The highest BCUT2D eigenvalue weighted by molar-refractivity contribution is 5.79. The highest BCUT2D eigenvalue weighted by atomic mass is 19.4. The van der Waals surface area contributed by atoms with Crippen molar-refractivity contribution in [1.82, 2.24) is 5.32 Å². The van der Waals surface area contributed by atoms with Crippen LogP contribution in [-0.2, 0) is 9.53 Å². The first kappa shape index (κ1) is 16.0. The van der Waals surface area contributed by atoms with Crippen LogP contribution in [0.2, 0.25) is 0 Å². The lowest BCUT2D eigenvalue weighted by molar-refractivity contribution is -0.169. The number of hydrogen-bond acceptors (Lipinski definition) is 3. The normalized spacial score (nSPS) is 9.67. The second-order valence-electron chi connectivity index (χ2n) is 2.11. The lowest BCUT2D eigenvalue weighted by Gasteiger charge is -1.99. The molecule has 0 saturated carbocycles. The van der Waals surface area contributed by atoms with Crippen LogP contribution >= 0.6 is 0 Å². The lowest BCUT2D eigenvalue weighted by atomic mass is 10.6. The number of carbonyl (C=O) groups excluding carboxylic acids is 2. The van der Waals surface area contributed by atoms with Gasteiger partial charge >= 0.3 is 18.2 Å². The molecule has 15 heavy (non-hydrogen) atoms. The van der Waals surface area contributed by atoms with Crippen molar-refractivity contribution >= 4 is 12.0 Å². The van der Waals surface area contributed by atoms with E-state index in [1.54, 1.807) is 6.92 Å². The summed E-state index contributed by atoms with van der Waals surface area (Å²) in [6.45, 7) is 4.68. The summed E-state index contributed by atoms with van der Waals surface area (Å²) in [6.07, 6.45) is -5.20. The molecule has 0 spiro atoms. The predicted octanol–water partition coefficient (Wildman–Crippen LogP) is 0.786. The van der Waals surface area contributed by atoms with E-state index in [1.807, 2.05) is 6.92 Å². The van der Waals surface area contributed by atoms with Gasteiger partial charge in [-0.2, -0.15) is 13.2 Å². The van der Waals surface area contributed by atoms with Crippen LogP contribution in [-0.4, -0.2) is 31.3 Å². The summed E-state index contributed by atoms with van der Waals surface area (Å²) in [5.74, 6) is -2.26. The minimum absolute atomic E-state index is 0.338. The van der Waals surface area contributed by atoms with Gasteiger partial charge in [0.1, 0.15) is 0 Å². The van der Waals surface area contributed by atoms with Gasteiger partial charge in [-0.15, -0.1) is 0 Å². The number of primary amides is 1. The monoisotopic (exact) mass is 230 g/mol. The van der Waals surface area contributed by atoms with Crippen molar-refractivity contribution in [1.29, 1.82) is 0 Å². The van der Waals surface area contributed by atoms with Crippen LogP contribution in [0.1, 0.15) is 13.8 Å². The van der Waals surface area contributed by atoms with Crippen molar-refractivity contribution in [3.63, 3.8) is 0 Å². The van der Waals surface area contributed by atoms with Gasteiger partial charge in [-0.25, -0.2) is 4.79 Å². The first-order valence-electron chi connectivity index (χ1n) is 4.02. The van der Waals surface area contributed by atoms with Crippen LogP contribution in [0.3, 0.4) is 0 Å². The second-order valence-corrected chi connectivity index (χ2v) is 2.11. The van der Waals surface area contributed by atoms with E-state index in [-0.39, 0.29) is 6.09 Å². The van der Waals surface area contributed by atoms with E-state index in [2.05, 4.69) is 15.8 Å². The number of halogens is 3. The standard InChI is InChI=1S/C5H11NO2.C2H2F3NO/c1-3-6-5(7)8-4-2;3-2(4,5)1(6)7/h3-4H2,1-2H3,(H,6,7);(H2,6,7). The molecule has 0 aliphatic carbocycles. The number of carbonyl (C=O) groups is 2. The van der Waals surface area contributed by atoms with E-state index in [9.17, 15) is 18.0 Å². The number of ether oxygens (including phenoxy) is 1. The molecule has 0 radical (unpaired) electrons. The zero-order chi connectivity index (χ0) is 12.5. The molecule has 0 saturated heterocycles. The molecule has 0 aromatic rings. The Hall–Kier alpha value is -1.47. The van der Waals surface area contributed by atoms with Crippen molar-refractivity contribution in [2.75, 3.05) is 13.2 Å². The zero-order valence-corrected chi connectivity index (χ0v) is 8.35. The molecule has 90 valence electrons. The van der Waals surface area contributed by atoms with Crippen LogP contribution in [0, 0.1) is 0 Å². The summed E-state index contributed by atoms with van der Waals surface area (Å²) in [6, 6.07) is 0. The number of alkyl halides is 3. The molecule has 0 rings (SSSR count). The van der Waals surface area contributed by atoms with Gasteiger partial charge in [0.05, 0.1) is 6.61 Å². The van der Waals surface area contributed by atoms with Gasteiger partial charge in [0, 0.05) is 6.54 Å². The number of nitrogens with two attached hydrogens (primary N) is 1. The Morgan fingerprint density at radius 2 is 1.73 bits per heavy atom. The smallest absolute Gasteiger partial charge is 0.450 e. The summed E-state index contributed by atoms with van der Waals surface area (Å²) in [4.78, 5) is 19.4. The summed E-state index contributed by atoms with van der Waals surface area (Å²) >= 11 is 0. The minimum atomic E-state index is -4.86. The summed E-state index contributed by atoms with van der Waals surface area (Å²) < 4.78 is 36.6. The first-order chi connectivity index (χ1) is 6.75. The Kier molecular flexibility index (Phi) is 8.40. The number of nitrogens with one attached hydrogen (secondary N) is 1. The summed E-state index contributed by atoms with van der Waals surface area (Å²) in [5.41, 5.74) is 3.81. The quantitative estimate of drug-likeness (QED) is 0.735. The Bertz CT molecular complexity index is 198. The van der Waals surface area contributed by atoms with Gasteiger partial charge in [-0.3, -0.25) is 4.79 Å². The Morgan fingerprint density at radius 1 is 1.33 bits per heavy atom. The average molecular weight is 230 g/mol. The van der Waals surface area contributed by atoms with E-state index < -0.39 is 12.1 Å². The number of rotatable bonds is 2. The Morgan fingerprint density at radius 3 is 1.93 bits per heavy atom. The van der Waals surface area contributed by atoms with Gasteiger partial charge in [-0.1, -0.05) is 0 Å². The number of hydrogen-bond donors (Lipinski definition) is 2. The number of amides is 2. The number of alkyl carbamates (subject to hydrolysis) is 1. The van der Waals surface area contributed by atoms with Gasteiger partial charge in [0.25, 0.3) is 0 Å². The highest BCUT2D eigenvalue weighted by Gasteiger charge is 2.35. The Labute approximate surface area is 84.8 Å². The molecule has 5 nitrogen and oxygen atoms in total.